The highest BCUT2D eigenvalue weighted by atomic mass is 31.2. The van der Waals surface area contributed by atoms with E-state index in [1.165, 1.54) is 0 Å². The van der Waals surface area contributed by atoms with Crippen LogP contribution in [-0.2, 0) is 23.3 Å². The van der Waals surface area contributed by atoms with Crippen molar-refractivity contribution >= 4 is 7.82 Å². The summed E-state index contributed by atoms with van der Waals surface area (Å²) in [6, 6.07) is 0. The molecule has 2 heterocycles. The Bertz CT molecular complexity index is 526. The normalized spacial score (nSPS) is 46.4. The van der Waals surface area contributed by atoms with Crippen LogP contribution in [0, 0.1) is 0 Å². The van der Waals surface area contributed by atoms with E-state index in [1.54, 1.807) is 0 Å². The topological polar surface area (TPSA) is 236 Å². The molecule has 15 heteroatoms. The Morgan fingerprint density at radius 1 is 0.741 bits per heavy atom. The van der Waals surface area contributed by atoms with Crippen molar-refractivity contribution in [3.8, 4) is 0 Å². The van der Waals surface area contributed by atoms with Crippen molar-refractivity contribution in [2.75, 3.05) is 13.2 Å². The van der Waals surface area contributed by atoms with Gasteiger partial charge in [0.1, 0.15) is 48.8 Å². The van der Waals surface area contributed by atoms with Gasteiger partial charge in [-0.25, -0.2) is 4.57 Å². The molecule has 0 aliphatic carbocycles. The number of phosphoric acid groups is 1. The van der Waals surface area contributed by atoms with Gasteiger partial charge in [-0.2, -0.15) is 0 Å². The van der Waals surface area contributed by atoms with Gasteiger partial charge in [0, 0.05) is 0 Å². The van der Waals surface area contributed by atoms with Crippen LogP contribution in [0.15, 0.2) is 0 Å². The minimum absolute atomic E-state index is 0.737. The van der Waals surface area contributed by atoms with Crippen molar-refractivity contribution in [2.24, 2.45) is 0 Å². The number of rotatable bonds is 6. The molecule has 0 aromatic carbocycles. The fourth-order valence-corrected chi connectivity index (χ4v) is 2.99. The molecule has 9 N–H and O–H groups in total. The van der Waals surface area contributed by atoms with Crippen LogP contribution in [0.1, 0.15) is 0 Å². The number of hydrogen-bond acceptors (Lipinski definition) is 12. The minimum Gasteiger partial charge on any atom is -0.394 e. The van der Waals surface area contributed by atoms with E-state index in [1.807, 2.05) is 0 Å². The Labute approximate surface area is 152 Å². The summed E-state index contributed by atoms with van der Waals surface area (Å²) in [5.74, 6) is 0. The fraction of sp³-hybridized carbons (Fsp3) is 1.00. The Balaban J connectivity index is 2.08. The monoisotopic (exact) mass is 422 g/mol. The van der Waals surface area contributed by atoms with Gasteiger partial charge in [0.15, 0.2) is 12.6 Å². The number of hydrogen-bond donors (Lipinski definition) is 9. The molecule has 2 fully saturated rings. The average molecular weight is 422 g/mol. The minimum atomic E-state index is -4.92. The van der Waals surface area contributed by atoms with Gasteiger partial charge in [-0.15, -0.1) is 0 Å². The van der Waals surface area contributed by atoms with Crippen LogP contribution >= 0.6 is 7.82 Å². The lowest BCUT2D eigenvalue weighted by Gasteiger charge is -2.44. The van der Waals surface area contributed by atoms with Gasteiger partial charge in [0.2, 0.25) is 0 Å². The van der Waals surface area contributed by atoms with E-state index in [4.69, 9.17) is 29.1 Å². The molecule has 0 saturated carbocycles. The maximum absolute atomic E-state index is 10.8. The van der Waals surface area contributed by atoms with Crippen molar-refractivity contribution in [3.05, 3.63) is 0 Å². The first-order valence-corrected chi connectivity index (χ1v) is 9.35. The molecule has 2 aliphatic heterocycles. The number of aliphatic hydroxyl groups excluding tert-OH is 7. The van der Waals surface area contributed by atoms with Crippen molar-refractivity contribution in [3.63, 3.8) is 0 Å². The Hall–Kier alpha value is -0.290. The molecular weight excluding hydrogens is 399 g/mol. The molecule has 2 aliphatic rings. The van der Waals surface area contributed by atoms with Crippen molar-refractivity contribution in [2.45, 2.75) is 61.4 Å². The summed E-state index contributed by atoms with van der Waals surface area (Å²) in [6.07, 6.45) is -17.1. The van der Waals surface area contributed by atoms with Gasteiger partial charge >= 0.3 is 7.82 Å². The van der Waals surface area contributed by atoms with Gasteiger partial charge < -0.3 is 59.7 Å². The zero-order valence-electron chi connectivity index (χ0n) is 13.7. The van der Waals surface area contributed by atoms with E-state index in [9.17, 15) is 35.2 Å². The van der Waals surface area contributed by atoms with Crippen LogP contribution in [-0.4, -0.2) is 120 Å². The maximum atomic E-state index is 10.8. The van der Waals surface area contributed by atoms with Gasteiger partial charge in [-0.05, 0) is 0 Å². The van der Waals surface area contributed by atoms with Crippen LogP contribution in [0.3, 0.4) is 0 Å². The van der Waals surface area contributed by atoms with Crippen LogP contribution in [0.25, 0.3) is 0 Å². The molecule has 2 rings (SSSR count). The third-order valence-corrected chi connectivity index (χ3v) is 4.68. The van der Waals surface area contributed by atoms with Crippen molar-refractivity contribution in [1.29, 1.82) is 0 Å². The Morgan fingerprint density at radius 3 is 1.63 bits per heavy atom. The highest BCUT2D eigenvalue weighted by Crippen LogP contribution is 2.37. The van der Waals surface area contributed by atoms with Gasteiger partial charge in [0.05, 0.1) is 13.2 Å². The maximum Gasteiger partial charge on any atom is 0.469 e. The van der Waals surface area contributed by atoms with Gasteiger partial charge in [-0.3, -0.25) is 4.52 Å². The first-order valence-electron chi connectivity index (χ1n) is 7.82. The highest BCUT2D eigenvalue weighted by molar-refractivity contribution is 7.46. The van der Waals surface area contributed by atoms with Crippen LogP contribution in [0.2, 0.25) is 0 Å². The Kier molecular flexibility index (Phi) is 7.68. The molecule has 0 amide bonds. The molecule has 0 spiro atoms. The number of aliphatic hydroxyl groups is 7. The predicted molar refractivity (Wildman–Crippen MR) is 79.5 cm³/mol. The summed E-state index contributed by atoms with van der Waals surface area (Å²) >= 11 is 0. The molecule has 160 valence electrons. The standard InChI is InChI=1S/C12H23O14P/c13-1-3-5(14)7(16)9(18)11(24-3)26-12-10(19)8(17)6(15)4(25-12)2-23-27(20,21)22/h3-19H,1-2H2,(H2,20,21,22)/t3-,4-,5+,6+,7+,8+,9-,10-,11-,12-/m1/s1. The van der Waals surface area contributed by atoms with Crippen LogP contribution < -0.4 is 0 Å². The summed E-state index contributed by atoms with van der Waals surface area (Å²) in [5, 5.41) is 68.1. The second-order valence-corrected chi connectivity index (χ2v) is 7.37. The summed E-state index contributed by atoms with van der Waals surface area (Å²) in [5.41, 5.74) is 0. The zero-order valence-corrected chi connectivity index (χ0v) is 14.6. The van der Waals surface area contributed by atoms with Gasteiger partial charge in [-0.1, -0.05) is 0 Å². The van der Waals surface area contributed by atoms with E-state index in [2.05, 4.69) is 4.52 Å². The predicted octanol–water partition coefficient (Wildman–Crippen LogP) is -5.28. The summed E-state index contributed by atoms with van der Waals surface area (Å²) in [6.45, 7) is -1.61. The Morgan fingerprint density at radius 2 is 1.19 bits per heavy atom. The van der Waals surface area contributed by atoms with Crippen LogP contribution in [0.5, 0.6) is 0 Å². The fourth-order valence-electron chi connectivity index (χ4n) is 2.65. The van der Waals surface area contributed by atoms with E-state index in [0.29, 0.717) is 0 Å². The molecule has 27 heavy (non-hydrogen) atoms. The van der Waals surface area contributed by atoms with Gasteiger partial charge in [0.25, 0.3) is 0 Å². The molecule has 10 atom stereocenters. The number of phosphoric ester groups is 1. The number of ether oxygens (including phenoxy) is 3. The van der Waals surface area contributed by atoms with E-state index < -0.39 is 82.4 Å². The summed E-state index contributed by atoms with van der Waals surface area (Å²) in [4.78, 5) is 17.4. The highest BCUT2D eigenvalue weighted by Gasteiger charge is 2.49. The molecule has 0 aromatic heterocycles. The molecular formula is C12H23O14P. The first kappa shape index (κ1) is 23.0. The zero-order chi connectivity index (χ0) is 20.5. The second-order valence-electron chi connectivity index (χ2n) is 6.13. The van der Waals surface area contributed by atoms with Crippen LogP contribution in [0.4, 0.5) is 0 Å². The molecule has 0 bridgehead atoms. The summed E-state index contributed by atoms with van der Waals surface area (Å²) < 4.78 is 30.3. The molecule has 0 aromatic rings. The summed E-state index contributed by atoms with van der Waals surface area (Å²) in [7, 11) is -4.92. The van der Waals surface area contributed by atoms with E-state index >= 15 is 0 Å². The lowest BCUT2D eigenvalue weighted by atomic mass is 9.98. The second kappa shape index (κ2) is 9.02. The molecule has 2 saturated heterocycles. The smallest absolute Gasteiger partial charge is 0.394 e. The lowest BCUT2D eigenvalue weighted by molar-refractivity contribution is -0.376. The van der Waals surface area contributed by atoms with E-state index in [0.717, 1.165) is 0 Å². The first-order chi connectivity index (χ1) is 12.5. The van der Waals surface area contributed by atoms with Crippen molar-refractivity contribution in [1.82, 2.24) is 0 Å². The lowest BCUT2D eigenvalue weighted by Crippen LogP contribution is -2.63. The molecule has 14 nitrogen and oxygen atoms in total. The third kappa shape index (κ3) is 5.41. The largest absolute Gasteiger partial charge is 0.469 e. The molecule has 0 radical (unpaired) electrons. The third-order valence-electron chi connectivity index (χ3n) is 4.19. The van der Waals surface area contributed by atoms with E-state index in [-0.39, 0.29) is 0 Å². The molecule has 0 unspecified atom stereocenters. The van der Waals surface area contributed by atoms with Crippen molar-refractivity contribution < 1.29 is 68.8 Å². The SMILES string of the molecule is O=P(O)(O)OC[C@H]1O[C@H](O[C@H]2O[C@H](CO)[C@H](O)[C@H](O)[C@H]2O)[C@H](O)[C@@H](O)[C@H]1O. The average Bonchev–Trinajstić information content (AvgIpc) is 2.60. The quantitative estimate of drug-likeness (QED) is 0.182.